The fraction of sp³-hybridized carbons (Fsp3) is 0.278. The van der Waals surface area contributed by atoms with Gasteiger partial charge in [0.05, 0.1) is 0 Å². The maximum atomic E-state index is 12.7. The van der Waals surface area contributed by atoms with Crippen LogP contribution in [0.25, 0.3) is 0 Å². The van der Waals surface area contributed by atoms with Crippen molar-refractivity contribution in [2.45, 2.75) is 25.9 Å². The predicted molar refractivity (Wildman–Crippen MR) is 88.7 cm³/mol. The summed E-state index contributed by atoms with van der Waals surface area (Å²) >= 11 is 5.86. The number of anilines is 1. The summed E-state index contributed by atoms with van der Waals surface area (Å²) in [6.45, 7) is 2.53. The Balaban J connectivity index is 1.75. The van der Waals surface area contributed by atoms with Crippen LogP contribution >= 0.6 is 11.6 Å². The smallest absolute Gasteiger partial charge is 0.267 e. The van der Waals surface area contributed by atoms with Crippen LogP contribution in [0.2, 0.25) is 5.02 Å². The van der Waals surface area contributed by atoms with E-state index in [0.29, 0.717) is 10.8 Å². The van der Waals surface area contributed by atoms with Crippen LogP contribution in [0, 0.1) is 0 Å². The van der Waals surface area contributed by atoms with Crippen LogP contribution in [0.5, 0.6) is 5.75 Å². The monoisotopic (exact) mass is 315 g/mol. The molecule has 0 unspecified atom stereocenters. The van der Waals surface area contributed by atoms with Gasteiger partial charge in [-0.25, -0.2) is 0 Å². The minimum Gasteiger partial charge on any atom is -0.481 e. The van der Waals surface area contributed by atoms with Crippen molar-refractivity contribution in [1.82, 2.24) is 0 Å². The molecule has 0 spiro atoms. The summed E-state index contributed by atoms with van der Waals surface area (Å²) in [6.07, 6.45) is 1.47. The molecule has 0 saturated heterocycles. The van der Waals surface area contributed by atoms with Crippen molar-refractivity contribution in [2.24, 2.45) is 0 Å². The fourth-order valence-corrected chi connectivity index (χ4v) is 2.88. The number of rotatable bonds is 3. The van der Waals surface area contributed by atoms with E-state index >= 15 is 0 Å². The Labute approximate surface area is 135 Å². The topological polar surface area (TPSA) is 29.5 Å². The molecule has 2 aromatic rings. The molecule has 0 bridgehead atoms. The lowest BCUT2D eigenvalue weighted by molar-refractivity contribution is -0.124. The highest BCUT2D eigenvalue weighted by molar-refractivity contribution is 6.30. The highest BCUT2D eigenvalue weighted by atomic mass is 35.5. The van der Waals surface area contributed by atoms with Gasteiger partial charge in [0.1, 0.15) is 5.75 Å². The summed E-state index contributed by atoms with van der Waals surface area (Å²) in [5, 5.41) is 0.649. The Morgan fingerprint density at radius 3 is 2.68 bits per heavy atom. The zero-order chi connectivity index (χ0) is 15.5. The van der Waals surface area contributed by atoms with Crippen LogP contribution in [0.3, 0.4) is 0 Å². The second-order valence-corrected chi connectivity index (χ2v) is 5.87. The van der Waals surface area contributed by atoms with Crippen LogP contribution < -0.4 is 9.64 Å². The van der Waals surface area contributed by atoms with Crippen LogP contribution in [0.4, 0.5) is 5.69 Å². The number of benzene rings is 2. The maximum Gasteiger partial charge on any atom is 0.267 e. The molecular formula is C18H18ClNO2. The van der Waals surface area contributed by atoms with Crippen molar-refractivity contribution in [3.63, 3.8) is 0 Å². The number of nitrogens with zero attached hydrogens (tertiary/aromatic N) is 1. The number of carbonyl (C=O) groups is 1. The van der Waals surface area contributed by atoms with Gasteiger partial charge in [0.2, 0.25) is 0 Å². The molecule has 1 heterocycles. The normalized spacial score (nSPS) is 15.1. The largest absolute Gasteiger partial charge is 0.481 e. The van der Waals surface area contributed by atoms with Crippen LogP contribution in [-0.2, 0) is 11.2 Å². The van der Waals surface area contributed by atoms with Gasteiger partial charge in [0.25, 0.3) is 5.91 Å². The fourth-order valence-electron chi connectivity index (χ4n) is 2.75. The van der Waals surface area contributed by atoms with Gasteiger partial charge in [-0.3, -0.25) is 4.79 Å². The third-order valence-electron chi connectivity index (χ3n) is 3.85. The van der Waals surface area contributed by atoms with E-state index in [4.69, 9.17) is 16.3 Å². The third kappa shape index (κ3) is 3.09. The first-order chi connectivity index (χ1) is 10.6. The summed E-state index contributed by atoms with van der Waals surface area (Å²) in [4.78, 5) is 14.5. The molecule has 0 saturated carbocycles. The van der Waals surface area contributed by atoms with Crippen molar-refractivity contribution in [1.29, 1.82) is 0 Å². The van der Waals surface area contributed by atoms with Gasteiger partial charge in [-0.2, -0.15) is 0 Å². The van der Waals surface area contributed by atoms with Gasteiger partial charge in [0.15, 0.2) is 6.10 Å². The molecular weight excluding hydrogens is 298 g/mol. The van der Waals surface area contributed by atoms with Gasteiger partial charge in [-0.1, -0.05) is 29.8 Å². The number of fused-ring (bicyclic) bond motifs is 1. The molecule has 0 aromatic heterocycles. The van der Waals surface area contributed by atoms with E-state index in [1.54, 1.807) is 31.2 Å². The number of para-hydroxylation sites is 1. The summed E-state index contributed by atoms with van der Waals surface area (Å²) in [5.74, 6) is 0.637. The van der Waals surface area contributed by atoms with Gasteiger partial charge in [-0.05, 0) is 55.7 Å². The van der Waals surface area contributed by atoms with Crippen molar-refractivity contribution >= 4 is 23.2 Å². The molecule has 1 atom stereocenters. The van der Waals surface area contributed by atoms with Crippen LogP contribution in [-0.4, -0.2) is 18.6 Å². The predicted octanol–water partition coefficient (Wildman–Crippen LogP) is 4.09. The zero-order valence-corrected chi connectivity index (χ0v) is 13.2. The lowest BCUT2D eigenvalue weighted by Gasteiger charge is -2.31. The van der Waals surface area contributed by atoms with E-state index < -0.39 is 6.10 Å². The minimum absolute atomic E-state index is 0.0119. The van der Waals surface area contributed by atoms with E-state index in [1.807, 2.05) is 23.1 Å². The molecule has 0 radical (unpaired) electrons. The molecule has 0 fully saturated rings. The first kappa shape index (κ1) is 14.9. The minimum atomic E-state index is -0.535. The molecule has 4 heteroatoms. The van der Waals surface area contributed by atoms with E-state index in [2.05, 4.69) is 6.07 Å². The first-order valence-corrected chi connectivity index (χ1v) is 7.84. The number of amides is 1. The molecule has 0 N–H and O–H groups in total. The second-order valence-electron chi connectivity index (χ2n) is 5.44. The lowest BCUT2D eigenvalue weighted by atomic mass is 10.0. The van der Waals surface area contributed by atoms with Crippen molar-refractivity contribution in [3.05, 3.63) is 59.1 Å². The number of aryl methyl sites for hydroxylation is 1. The quantitative estimate of drug-likeness (QED) is 0.854. The molecule has 3 rings (SSSR count). The molecule has 3 nitrogen and oxygen atoms in total. The summed E-state index contributed by atoms with van der Waals surface area (Å²) in [6, 6.07) is 15.1. The average molecular weight is 316 g/mol. The first-order valence-electron chi connectivity index (χ1n) is 7.46. The van der Waals surface area contributed by atoms with Gasteiger partial charge >= 0.3 is 0 Å². The standard InChI is InChI=1S/C18H18ClNO2/c1-13(22-16-10-8-15(19)9-11-16)18(21)20-12-4-6-14-5-2-3-7-17(14)20/h2-3,5,7-11,13H,4,6,12H2,1H3/t13-/m0/s1. The Kier molecular flexibility index (Phi) is 4.34. The molecule has 1 aliphatic heterocycles. The number of ether oxygens (including phenoxy) is 1. The van der Waals surface area contributed by atoms with E-state index in [-0.39, 0.29) is 5.91 Å². The summed E-state index contributed by atoms with van der Waals surface area (Å²) in [5.41, 5.74) is 2.23. The Morgan fingerprint density at radius 2 is 1.91 bits per heavy atom. The number of halogens is 1. The summed E-state index contributed by atoms with van der Waals surface area (Å²) < 4.78 is 5.75. The van der Waals surface area contributed by atoms with Crippen LogP contribution in [0.1, 0.15) is 18.9 Å². The van der Waals surface area contributed by atoms with Crippen molar-refractivity contribution < 1.29 is 9.53 Å². The van der Waals surface area contributed by atoms with Gasteiger partial charge < -0.3 is 9.64 Å². The Morgan fingerprint density at radius 1 is 1.18 bits per heavy atom. The average Bonchev–Trinajstić information content (AvgIpc) is 2.55. The maximum absolute atomic E-state index is 12.7. The molecule has 0 aliphatic carbocycles. The Bertz CT molecular complexity index is 669. The van der Waals surface area contributed by atoms with E-state index in [9.17, 15) is 4.79 Å². The summed E-state index contributed by atoms with van der Waals surface area (Å²) in [7, 11) is 0. The Hall–Kier alpha value is -2.00. The lowest BCUT2D eigenvalue weighted by Crippen LogP contribution is -2.43. The molecule has 1 aliphatic rings. The molecule has 22 heavy (non-hydrogen) atoms. The second kappa shape index (κ2) is 6.41. The highest BCUT2D eigenvalue weighted by Gasteiger charge is 2.27. The van der Waals surface area contributed by atoms with Gasteiger partial charge in [0, 0.05) is 17.3 Å². The zero-order valence-electron chi connectivity index (χ0n) is 12.5. The van der Waals surface area contributed by atoms with E-state index in [1.165, 1.54) is 5.56 Å². The SMILES string of the molecule is C[C@H](Oc1ccc(Cl)cc1)C(=O)N1CCCc2ccccc21. The van der Waals surface area contributed by atoms with Crippen molar-refractivity contribution in [2.75, 3.05) is 11.4 Å². The third-order valence-corrected chi connectivity index (χ3v) is 4.10. The molecule has 2 aromatic carbocycles. The van der Waals surface area contributed by atoms with Gasteiger partial charge in [-0.15, -0.1) is 0 Å². The number of carbonyl (C=O) groups excluding carboxylic acids is 1. The van der Waals surface area contributed by atoms with E-state index in [0.717, 1.165) is 25.1 Å². The van der Waals surface area contributed by atoms with Crippen LogP contribution in [0.15, 0.2) is 48.5 Å². The number of hydrogen-bond acceptors (Lipinski definition) is 2. The number of hydrogen-bond donors (Lipinski definition) is 0. The highest BCUT2D eigenvalue weighted by Crippen LogP contribution is 2.27. The molecule has 114 valence electrons. The van der Waals surface area contributed by atoms with Crippen molar-refractivity contribution in [3.8, 4) is 5.75 Å². The molecule has 1 amide bonds.